The molecule has 22 heavy (non-hydrogen) atoms. The van der Waals surface area contributed by atoms with Crippen LogP contribution in [0.1, 0.15) is 22.3 Å². The van der Waals surface area contributed by atoms with Crippen molar-refractivity contribution >= 4 is 15.7 Å². The summed E-state index contributed by atoms with van der Waals surface area (Å²) in [7, 11) is -2.04. The molecule has 0 unspecified atom stereocenters. The van der Waals surface area contributed by atoms with E-state index in [0.717, 1.165) is 22.3 Å². The van der Waals surface area contributed by atoms with Gasteiger partial charge < -0.3 is 4.74 Å². The van der Waals surface area contributed by atoms with Crippen molar-refractivity contribution < 1.29 is 13.2 Å². The lowest BCUT2D eigenvalue weighted by Crippen LogP contribution is -2.16. The van der Waals surface area contributed by atoms with E-state index in [1.165, 1.54) is 0 Å². The lowest BCUT2D eigenvalue weighted by atomic mass is 10.1. The van der Waals surface area contributed by atoms with Crippen molar-refractivity contribution in [2.75, 3.05) is 11.8 Å². The Kier molecular flexibility index (Phi) is 4.47. The number of ether oxygens (including phenoxy) is 1. The highest BCUT2D eigenvalue weighted by Crippen LogP contribution is 2.27. The molecular formula is C17H21NO3S. The van der Waals surface area contributed by atoms with Crippen LogP contribution in [0, 0.1) is 27.7 Å². The molecule has 2 aromatic rings. The van der Waals surface area contributed by atoms with Gasteiger partial charge in [-0.2, -0.15) is 0 Å². The Morgan fingerprint density at radius 1 is 0.909 bits per heavy atom. The van der Waals surface area contributed by atoms with E-state index in [-0.39, 0.29) is 0 Å². The third-order valence-electron chi connectivity index (χ3n) is 3.55. The number of aryl methyl sites for hydroxylation is 4. The van der Waals surface area contributed by atoms with Crippen LogP contribution in [0.5, 0.6) is 5.75 Å². The van der Waals surface area contributed by atoms with Crippen molar-refractivity contribution in [3.05, 3.63) is 52.6 Å². The third-order valence-corrected chi connectivity index (χ3v) is 5.22. The van der Waals surface area contributed by atoms with Gasteiger partial charge in [0.15, 0.2) is 0 Å². The Bertz CT molecular complexity index is 788. The van der Waals surface area contributed by atoms with Crippen LogP contribution in [0.2, 0.25) is 0 Å². The van der Waals surface area contributed by atoms with E-state index in [2.05, 4.69) is 4.72 Å². The van der Waals surface area contributed by atoms with Gasteiger partial charge in [-0.1, -0.05) is 17.7 Å². The number of hydrogen-bond donors (Lipinski definition) is 1. The largest absolute Gasteiger partial charge is 0.497 e. The van der Waals surface area contributed by atoms with Crippen molar-refractivity contribution in [3.63, 3.8) is 0 Å². The first-order chi connectivity index (χ1) is 10.2. The monoisotopic (exact) mass is 319 g/mol. The molecule has 0 saturated heterocycles. The van der Waals surface area contributed by atoms with E-state index in [4.69, 9.17) is 4.74 Å². The Labute approximate surface area is 132 Å². The minimum absolute atomic E-state index is 0.341. The molecule has 0 saturated carbocycles. The van der Waals surface area contributed by atoms with Crippen LogP contribution in [-0.4, -0.2) is 15.5 Å². The number of nitrogens with one attached hydrogen (secondary N) is 1. The topological polar surface area (TPSA) is 55.4 Å². The molecule has 0 bridgehead atoms. The van der Waals surface area contributed by atoms with Crippen LogP contribution in [0.25, 0.3) is 0 Å². The number of methoxy groups -OCH3 is 1. The molecule has 0 radical (unpaired) electrons. The quantitative estimate of drug-likeness (QED) is 0.934. The summed E-state index contributed by atoms with van der Waals surface area (Å²) in [4.78, 5) is 0.341. The van der Waals surface area contributed by atoms with E-state index in [1.807, 2.05) is 39.8 Å². The van der Waals surface area contributed by atoms with Gasteiger partial charge in [-0.05, 0) is 62.6 Å². The van der Waals surface area contributed by atoms with Crippen molar-refractivity contribution in [3.8, 4) is 5.75 Å². The summed E-state index contributed by atoms with van der Waals surface area (Å²) < 4.78 is 33.2. The first-order valence-electron chi connectivity index (χ1n) is 7.00. The maximum Gasteiger partial charge on any atom is 0.262 e. The molecule has 0 aliphatic heterocycles. The second-order valence-electron chi connectivity index (χ2n) is 5.51. The number of hydrogen-bond acceptors (Lipinski definition) is 3. The van der Waals surface area contributed by atoms with Crippen molar-refractivity contribution in [1.82, 2.24) is 0 Å². The minimum Gasteiger partial charge on any atom is -0.497 e. The Morgan fingerprint density at radius 2 is 1.50 bits per heavy atom. The number of rotatable bonds is 4. The molecule has 0 aliphatic carbocycles. The zero-order chi connectivity index (χ0) is 16.5. The average Bonchev–Trinajstić information content (AvgIpc) is 2.39. The summed E-state index contributed by atoms with van der Waals surface area (Å²) in [6, 6.07) is 9.00. The Balaban J connectivity index is 2.45. The van der Waals surface area contributed by atoms with Gasteiger partial charge in [-0.15, -0.1) is 0 Å². The van der Waals surface area contributed by atoms with Crippen LogP contribution in [0.4, 0.5) is 5.69 Å². The second kappa shape index (κ2) is 6.01. The number of sulfonamides is 1. The van der Waals surface area contributed by atoms with Crippen LogP contribution in [-0.2, 0) is 10.0 Å². The van der Waals surface area contributed by atoms with Gasteiger partial charge in [-0.3, -0.25) is 4.72 Å². The van der Waals surface area contributed by atoms with Crippen LogP contribution < -0.4 is 9.46 Å². The van der Waals surface area contributed by atoms with Crippen molar-refractivity contribution in [2.24, 2.45) is 0 Å². The molecule has 0 heterocycles. The number of benzene rings is 2. The van der Waals surface area contributed by atoms with Crippen LogP contribution in [0.15, 0.2) is 35.2 Å². The molecule has 2 rings (SSSR count). The minimum atomic E-state index is -3.62. The fourth-order valence-corrected chi connectivity index (χ4v) is 4.25. The molecule has 0 atom stereocenters. The van der Waals surface area contributed by atoms with Crippen molar-refractivity contribution in [1.29, 1.82) is 0 Å². The van der Waals surface area contributed by atoms with Gasteiger partial charge in [0.1, 0.15) is 5.75 Å². The lowest BCUT2D eigenvalue weighted by Gasteiger charge is -2.15. The molecule has 0 aliphatic rings. The fourth-order valence-electron chi connectivity index (χ4n) is 2.66. The molecule has 2 aromatic carbocycles. The zero-order valence-corrected chi connectivity index (χ0v) is 14.3. The average molecular weight is 319 g/mol. The summed E-state index contributed by atoms with van der Waals surface area (Å²) in [6.45, 7) is 7.43. The molecule has 0 amide bonds. The summed E-state index contributed by atoms with van der Waals surface area (Å²) in [5, 5.41) is 0. The van der Waals surface area contributed by atoms with Gasteiger partial charge in [0.05, 0.1) is 17.7 Å². The van der Waals surface area contributed by atoms with Gasteiger partial charge in [0.2, 0.25) is 0 Å². The Morgan fingerprint density at radius 3 is 2.00 bits per heavy atom. The maximum absolute atomic E-state index is 12.7. The first-order valence-corrected chi connectivity index (χ1v) is 8.48. The summed E-state index contributed by atoms with van der Waals surface area (Å²) in [5.41, 5.74) is 3.91. The molecule has 1 N–H and O–H groups in total. The van der Waals surface area contributed by atoms with E-state index in [9.17, 15) is 8.42 Å². The van der Waals surface area contributed by atoms with Crippen LogP contribution in [0.3, 0.4) is 0 Å². The molecular weight excluding hydrogens is 298 g/mol. The normalized spacial score (nSPS) is 11.3. The summed E-state index contributed by atoms with van der Waals surface area (Å²) >= 11 is 0. The first kappa shape index (κ1) is 16.4. The molecule has 5 heteroatoms. The predicted molar refractivity (Wildman–Crippen MR) is 89.2 cm³/mol. The third kappa shape index (κ3) is 3.25. The molecule has 0 aromatic heterocycles. The van der Waals surface area contributed by atoms with E-state index in [1.54, 1.807) is 25.3 Å². The second-order valence-corrected chi connectivity index (χ2v) is 7.13. The SMILES string of the molecule is COc1ccc(NS(=O)(=O)c2c(C)cc(C)cc2C)c(C)c1. The lowest BCUT2D eigenvalue weighted by molar-refractivity contribution is 0.414. The predicted octanol–water partition coefficient (Wildman–Crippen LogP) is 3.73. The molecule has 118 valence electrons. The Hall–Kier alpha value is -2.01. The van der Waals surface area contributed by atoms with Gasteiger partial charge >= 0.3 is 0 Å². The van der Waals surface area contributed by atoms with E-state index >= 15 is 0 Å². The highest BCUT2D eigenvalue weighted by Gasteiger charge is 2.20. The summed E-state index contributed by atoms with van der Waals surface area (Å²) in [6.07, 6.45) is 0. The highest BCUT2D eigenvalue weighted by atomic mass is 32.2. The van der Waals surface area contributed by atoms with Gasteiger partial charge in [0, 0.05) is 0 Å². The van der Waals surface area contributed by atoms with E-state index < -0.39 is 10.0 Å². The molecule has 0 fully saturated rings. The van der Waals surface area contributed by atoms with Crippen molar-refractivity contribution in [2.45, 2.75) is 32.6 Å². The molecule has 4 nitrogen and oxygen atoms in total. The standard InChI is InChI=1S/C17H21NO3S/c1-11-8-13(3)17(14(4)9-11)22(19,20)18-16-7-6-15(21-5)10-12(16)2/h6-10,18H,1-5H3. The van der Waals surface area contributed by atoms with E-state index in [0.29, 0.717) is 16.3 Å². The van der Waals surface area contributed by atoms with Gasteiger partial charge in [0.25, 0.3) is 10.0 Å². The zero-order valence-electron chi connectivity index (χ0n) is 13.5. The van der Waals surface area contributed by atoms with Crippen LogP contribution >= 0.6 is 0 Å². The van der Waals surface area contributed by atoms with Gasteiger partial charge in [-0.25, -0.2) is 8.42 Å². The highest BCUT2D eigenvalue weighted by molar-refractivity contribution is 7.92. The maximum atomic E-state index is 12.7. The fraction of sp³-hybridized carbons (Fsp3) is 0.294. The molecule has 0 spiro atoms. The smallest absolute Gasteiger partial charge is 0.262 e. The summed E-state index contributed by atoms with van der Waals surface area (Å²) in [5.74, 6) is 0.697. The number of anilines is 1.